The van der Waals surface area contributed by atoms with Gasteiger partial charge in [-0.3, -0.25) is 9.69 Å². The van der Waals surface area contributed by atoms with E-state index in [2.05, 4.69) is 43.1 Å². The lowest BCUT2D eigenvalue weighted by Crippen LogP contribution is -2.41. The van der Waals surface area contributed by atoms with Gasteiger partial charge in [-0.05, 0) is 43.9 Å². The standard InChI is InChI=1S/C16H25N3O/c1-10-5-11(2)14(12(3)6-10)9-19-8-13(17)7-15(19)16(20)18-4/h5-6,13,15H,7-9,17H2,1-4H3,(H,18,20)/t13-,15-/m0/s1. The Bertz CT molecular complexity index is 489. The van der Waals surface area contributed by atoms with Gasteiger partial charge in [0.15, 0.2) is 0 Å². The third-order valence-electron chi connectivity index (χ3n) is 4.19. The van der Waals surface area contributed by atoms with Crippen molar-refractivity contribution in [3.8, 4) is 0 Å². The highest BCUT2D eigenvalue weighted by molar-refractivity contribution is 5.81. The van der Waals surface area contributed by atoms with Gasteiger partial charge in [0.25, 0.3) is 0 Å². The Kier molecular flexibility index (Phi) is 4.45. The molecule has 2 rings (SSSR count). The summed E-state index contributed by atoms with van der Waals surface area (Å²) in [6.07, 6.45) is 0.740. The fourth-order valence-electron chi connectivity index (χ4n) is 3.22. The molecule has 3 N–H and O–H groups in total. The van der Waals surface area contributed by atoms with Gasteiger partial charge in [0.1, 0.15) is 0 Å². The van der Waals surface area contributed by atoms with Crippen LogP contribution in [0, 0.1) is 20.8 Å². The number of amides is 1. The topological polar surface area (TPSA) is 58.4 Å². The summed E-state index contributed by atoms with van der Waals surface area (Å²) in [7, 11) is 1.69. The molecule has 0 spiro atoms. The fourth-order valence-corrected chi connectivity index (χ4v) is 3.22. The van der Waals surface area contributed by atoms with Crippen molar-refractivity contribution in [3.63, 3.8) is 0 Å². The van der Waals surface area contributed by atoms with Gasteiger partial charge in [0.2, 0.25) is 5.91 Å². The number of nitrogens with zero attached hydrogens (tertiary/aromatic N) is 1. The summed E-state index contributed by atoms with van der Waals surface area (Å²) in [5.74, 6) is 0.0698. The molecule has 4 nitrogen and oxygen atoms in total. The monoisotopic (exact) mass is 275 g/mol. The van der Waals surface area contributed by atoms with Crippen LogP contribution in [0.2, 0.25) is 0 Å². The van der Waals surface area contributed by atoms with E-state index >= 15 is 0 Å². The summed E-state index contributed by atoms with van der Waals surface area (Å²) in [5.41, 5.74) is 11.2. The molecule has 1 saturated heterocycles. The van der Waals surface area contributed by atoms with E-state index in [1.54, 1.807) is 7.05 Å². The van der Waals surface area contributed by atoms with Crippen LogP contribution in [-0.4, -0.2) is 36.5 Å². The Hall–Kier alpha value is -1.39. The zero-order chi connectivity index (χ0) is 14.9. The number of nitrogens with two attached hydrogens (primary N) is 1. The third kappa shape index (κ3) is 3.02. The first-order chi connectivity index (χ1) is 9.42. The minimum Gasteiger partial charge on any atom is -0.358 e. The van der Waals surface area contributed by atoms with Crippen LogP contribution in [0.5, 0.6) is 0 Å². The number of benzene rings is 1. The number of likely N-dealkylation sites (tertiary alicyclic amines) is 1. The molecule has 20 heavy (non-hydrogen) atoms. The first-order valence-electron chi connectivity index (χ1n) is 7.20. The van der Waals surface area contributed by atoms with Crippen LogP contribution in [0.4, 0.5) is 0 Å². The van der Waals surface area contributed by atoms with Crippen molar-refractivity contribution in [2.75, 3.05) is 13.6 Å². The van der Waals surface area contributed by atoms with Gasteiger partial charge in [0.05, 0.1) is 6.04 Å². The lowest BCUT2D eigenvalue weighted by atomic mass is 9.99. The number of hydrogen-bond donors (Lipinski definition) is 2. The SMILES string of the molecule is CNC(=O)[C@@H]1C[C@H](N)CN1Cc1c(C)cc(C)cc1C. The van der Waals surface area contributed by atoms with Crippen molar-refractivity contribution >= 4 is 5.91 Å². The summed E-state index contributed by atoms with van der Waals surface area (Å²) < 4.78 is 0. The van der Waals surface area contributed by atoms with Gasteiger partial charge < -0.3 is 11.1 Å². The molecule has 1 aromatic carbocycles. The van der Waals surface area contributed by atoms with Crippen molar-refractivity contribution in [3.05, 3.63) is 34.4 Å². The van der Waals surface area contributed by atoms with Crippen LogP contribution in [0.3, 0.4) is 0 Å². The summed E-state index contributed by atoms with van der Waals surface area (Å²) >= 11 is 0. The zero-order valence-electron chi connectivity index (χ0n) is 12.9. The van der Waals surface area contributed by atoms with E-state index in [1.165, 1.54) is 22.3 Å². The Morgan fingerprint density at radius 1 is 1.35 bits per heavy atom. The number of aryl methyl sites for hydroxylation is 3. The molecule has 0 aliphatic carbocycles. The first-order valence-corrected chi connectivity index (χ1v) is 7.20. The lowest BCUT2D eigenvalue weighted by molar-refractivity contribution is -0.125. The molecule has 1 aliphatic heterocycles. The van der Waals surface area contributed by atoms with E-state index < -0.39 is 0 Å². The number of likely N-dealkylation sites (N-methyl/N-ethyl adjacent to an activating group) is 1. The van der Waals surface area contributed by atoms with Gasteiger partial charge in [-0.15, -0.1) is 0 Å². The number of rotatable bonds is 3. The maximum Gasteiger partial charge on any atom is 0.237 e. The number of carbonyl (C=O) groups is 1. The summed E-state index contributed by atoms with van der Waals surface area (Å²) in [6, 6.07) is 4.39. The molecule has 4 heteroatoms. The van der Waals surface area contributed by atoms with E-state index in [9.17, 15) is 4.79 Å². The van der Waals surface area contributed by atoms with Crippen LogP contribution in [-0.2, 0) is 11.3 Å². The lowest BCUT2D eigenvalue weighted by Gasteiger charge is -2.25. The zero-order valence-corrected chi connectivity index (χ0v) is 12.9. The molecule has 1 fully saturated rings. The average Bonchev–Trinajstić information content (AvgIpc) is 2.74. The molecule has 0 unspecified atom stereocenters. The van der Waals surface area contributed by atoms with Crippen LogP contribution in [0.25, 0.3) is 0 Å². The van der Waals surface area contributed by atoms with Crippen LogP contribution in [0.1, 0.15) is 28.7 Å². The van der Waals surface area contributed by atoms with Gasteiger partial charge in [-0.25, -0.2) is 0 Å². The van der Waals surface area contributed by atoms with Crippen LogP contribution < -0.4 is 11.1 Å². The van der Waals surface area contributed by atoms with E-state index in [-0.39, 0.29) is 18.0 Å². The van der Waals surface area contributed by atoms with E-state index in [0.29, 0.717) is 0 Å². The second-order valence-corrected chi connectivity index (χ2v) is 5.93. The van der Waals surface area contributed by atoms with E-state index in [0.717, 1.165) is 19.5 Å². The minimum atomic E-state index is -0.102. The summed E-state index contributed by atoms with van der Waals surface area (Å²) in [4.78, 5) is 14.2. The molecular formula is C16H25N3O. The molecule has 1 aromatic rings. The van der Waals surface area contributed by atoms with Crippen molar-refractivity contribution in [2.45, 2.75) is 45.8 Å². The Morgan fingerprint density at radius 2 is 1.95 bits per heavy atom. The molecule has 1 heterocycles. The average molecular weight is 275 g/mol. The molecule has 0 aromatic heterocycles. The van der Waals surface area contributed by atoms with E-state index in [4.69, 9.17) is 5.73 Å². The molecular weight excluding hydrogens is 250 g/mol. The Balaban J connectivity index is 2.22. The normalized spacial score (nSPS) is 23.1. The number of carbonyl (C=O) groups excluding carboxylic acids is 1. The minimum absolute atomic E-state index is 0.0698. The van der Waals surface area contributed by atoms with Crippen LogP contribution >= 0.6 is 0 Å². The first kappa shape index (κ1) is 15.0. The highest BCUT2D eigenvalue weighted by Gasteiger charge is 2.34. The predicted octanol–water partition coefficient (Wildman–Crippen LogP) is 1.26. The van der Waals surface area contributed by atoms with E-state index in [1.807, 2.05) is 0 Å². The van der Waals surface area contributed by atoms with Crippen molar-refractivity contribution < 1.29 is 4.79 Å². The second kappa shape index (κ2) is 5.94. The maximum absolute atomic E-state index is 12.0. The smallest absolute Gasteiger partial charge is 0.237 e. The van der Waals surface area contributed by atoms with Crippen molar-refractivity contribution in [2.24, 2.45) is 5.73 Å². The van der Waals surface area contributed by atoms with Gasteiger partial charge >= 0.3 is 0 Å². The quantitative estimate of drug-likeness (QED) is 0.873. The van der Waals surface area contributed by atoms with Crippen LogP contribution in [0.15, 0.2) is 12.1 Å². The second-order valence-electron chi connectivity index (χ2n) is 5.93. The molecule has 2 atom stereocenters. The summed E-state index contributed by atoms with van der Waals surface area (Å²) in [5, 5.41) is 2.75. The Labute approximate surface area is 121 Å². The Morgan fingerprint density at radius 3 is 2.50 bits per heavy atom. The van der Waals surface area contributed by atoms with Gasteiger partial charge in [-0.2, -0.15) is 0 Å². The predicted molar refractivity (Wildman–Crippen MR) is 81.5 cm³/mol. The number of nitrogens with one attached hydrogen (secondary N) is 1. The molecule has 1 aliphatic rings. The molecule has 110 valence electrons. The number of hydrogen-bond acceptors (Lipinski definition) is 3. The fraction of sp³-hybridized carbons (Fsp3) is 0.562. The molecule has 0 saturated carbocycles. The highest BCUT2D eigenvalue weighted by atomic mass is 16.2. The molecule has 0 bridgehead atoms. The highest BCUT2D eigenvalue weighted by Crippen LogP contribution is 2.24. The van der Waals surface area contributed by atoms with Crippen molar-refractivity contribution in [1.29, 1.82) is 0 Å². The molecule has 0 radical (unpaired) electrons. The maximum atomic E-state index is 12.0. The largest absolute Gasteiger partial charge is 0.358 e. The van der Waals surface area contributed by atoms with Crippen molar-refractivity contribution in [1.82, 2.24) is 10.2 Å². The van der Waals surface area contributed by atoms with Gasteiger partial charge in [0, 0.05) is 26.2 Å². The van der Waals surface area contributed by atoms with Gasteiger partial charge in [-0.1, -0.05) is 17.7 Å². The third-order valence-corrected chi connectivity index (χ3v) is 4.19. The summed E-state index contributed by atoms with van der Waals surface area (Å²) in [6.45, 7) is 7.97. The molecule has 1 amide bonds.